The van der Waals surface area contributed by atoms with E-state index in [0.29, 0.717) is 0 Å². The molecule has 17 heavy (non-hydrogen) atoms. The highest BCUT2D eigenvalue weighted by atomic mass is 32.2. The average Bonchev–Trinajstić information content (AvgIpc) is 2.87. The Morgan fingerprint density at radius 3 is 2.82 bits per heavy atom. The van der Waals surface area contributed by atoms with Gasteiger partial charge in [0.2, 0.25) is 5.91 Å². The molecule has 2 unspecified atom stereocenters. The molecule has 2 atom stereocenters. The van der Waals surface area contributed by atoms with E-state index in [-0.39, 0.29) is 16.5 Å². The molecule has 94 valence electrons. The first kappa shape index (κ1) is 12.9. The largest absolute Gasteiger partial charge is 0.324 e. The minimum absolute atomic E-state index is 0.0852. The number of carbonyl (C=O) groups is 1. The molecule has 0 N–H and O–H groups in total. The first-order valence-electron chi connectivity index (χ1n) is 5.72. The summed E-state index contributed by atoms with van der Waals surface area (Å²) in [6.07, 6.45) is 0. The molecule has 0 aliphatic carbocycles. The predicted octanol–water partition coefficient (Wildman–Crippen LogP) is 2.27. The first-order chi connectivity index (χ1) is 8.09. The zero-order valence-electron chi connectivity index (χ0n) is 10.4. The lowest BCUT2D eigenvalue weighted by atomic mass is 10.3. The van der Waals surface area contributed by atoms with Crippen molar-refractivity contribution >= 4 is 29.0 Å². The van der Waals surface area contributed by atoms with Gasteiger partial charge >= 0.3 is 0 Å². The summed E-state index contributed by atoms with van der Waals surface area (Å²) in [6, 6.07) is 2.12. The summed E-state index contributed by atoms with van der Waals surface area (Å²) in [5, 5.41) is 4.52. The van der Waals surface area contributed by atoms with Crippen LogP contribution in [0.1, 0.15) is 17.9 Å². The third kappa shape index (κ3) is 2.84. The summed E-state index contributed by atoms with van der Waals surface area (Å²) in [5.41, 5.74) is 1.26. The van der Waals surface area contributed by atoms with Crippen molar-refractivity contribution in [2.24, 2.45) is 0 Å². The van der Waals surface area contributed by atoms with Crippen LogP contribution in [-0.2, 0) is 4.79 Å². The molecule has 0 saturated carbocycles. The van der Waals surface area contributed by atoms with Gasteiger partial charge in [-0.25, -0.2) is 0 Å². The highest BCUT2D eigenvalue weighted by Crippen LogP contribution is 2.43. The van der Waals surface area contributed by atoms with Crippen molar-refractivity contribution < 1.29 is 4.79 Å². The van der Waals surface area contributed by atoms with Gasteiger partial charge in [-0.05, 0) is 43.4 Å². The van der Waals surface area contributed by atoms with Crippen LogP contribution in [0.15, 0.2) is 16.8 Å². The van der Waals surface area contributed by atoms with Crippen molar-refractivity contribution in [3.05, 3.63) is 22.4 Å². The van der Waals surface area contributed by atoms with Gasteiger partial charge < -0.3 is 9.80 Å². The number of hydrogen-bond donors (Lipinski definition) is 0. The Morgan fingerprint density at radius 1 is 1.47 bits per heavy atom. The van der Waals surface area contributed by atoms with Gasteiger partial charge in [0.1, 0.15) is 5.37 Å². The lowest BCUT2D eigenvalue weighted by molar-refractivity contribution is -0.129. The minimum atomic E-state index is 0.0852. The quantitative estimate of drug-likeness (QED) is 0.838. The molecule has 3 nitrogen and oxygen atoms in total. The van der Waals surface area contributed by atoms with E-state index in [1.54, 1.807) is 23.1 Å². The van der Waals surface area contributed by atoms with Crippen LogP contribution < -0.4 is 0 Å². The van der Waals surface area contributed by atoms with Crippen molar-refractivity contribution in [3.8, 4) is 0 Å². The van der Waals surface area contributed by atoms with Crippen molar-refractivity contribution in [2.45, 2.75) is 17.5 Å². The van der Waals surface area contributed by atoms with E-state index in [1.165, 1.54) is 5.56 Å². The number of nitrogens with zero attached hydrogens (tertiary/aromatic N) is 2. The molecule has 0 spiro atoms. The van der Waals surface area contributed by atoms with Crippen LogP contribution in [0.4, 0.5) is 0 Å². The van der Waals surface area contributed by atoms with Crippen LogP contribution in [0.2, 0.25) is 0 Å². The van der Waals surface area contributed by atoms with E-state index in [9.17, 15) is 4.79 Å². The monoisotopic (exact) mass is 270 g/mol. The fraction of sp³-hybridized carbons (Fsp3) is 0.583. The van der Waals surface area contributed by atoms with E-state index in [1.807, 2.05) is 25.9 Å². The van der Waals surface area contributed by atoms with Crippen LogP contribution in [0.25, 0.3) is 0 Å². The second kappa shape index (κ2) is 5.42. The van der Waals surface area contributed by atoms with Crippen LogP contribution >= 0.6 is 23.1 Å². The molecular weight excluding hydrogens is 252 g/mol. The summed E-state index contributed by atoms with van der Waals surface area (Å²) in [6.45, 7) is 3.73. The molecule has 1 aliphatic heterocycles. The lowest BCUT2D eigenvalue weighted by Gasteiger charge is -2.24. The van der Waals surface area contributed by atoms with Crippen LogP contribution in [0.5, 0.6) is 0 Å². The fourth-order valence-electron chi connectivity index (χ4n) is 1.88. The highest BCUT2D eigenvalue weighted by Gasteiger charge is 2.38. The van der Waals surface area contributed by atoms with E-state index in [2.05, 4.69) is 21.7 Å². The van der Waals surface area contributed by atoms with E-state index in [4.69, 9.17) is 0 Å². The normalized spacial score (nSPS) is 24.9. The Balaban J connectivity index is 2.11. The molecule has 1 aromatic rings. The third-order valence-electron chi connectivity index (χ3n) is 2.86. The standard InChI is InChI=1S/C12H18N2OS2/c1-9-11(15)14(6-5-13(2)3)12(17-9)10-4-7-16-8-10/h4,7-9,12H,5-6H2,1-3H3. The zero-order valence-corrected chi connectivity index (χ0v) is 12.1. The van der Waals surface area contributed by atoms with Crippen LogP contribution in [0.3, 0.4) is 0 Å². The predicted molar refractivity (Wildman–Crippen MR) is 74.4 cm³/mol. The Bertz CT molecular complexity index is 378. The average molecular weight is 270 g/mol. The molecular formula is C12H18N2OS2. The number of thioether (sulfide) groups is 1. The second-order valence-corrected chi connectivity index (χ2v) is 6.73. The van der Waals surface area contributed by atoms with Crippen molar-refractivity contribution in [1.82, 2.24) is 9.80 Å². The summed E-state index contributed by atoms with van der Waals surface area (Å²) in [7, 11) is 4.08. The van der Waals surface area contributed by atoms with Gasteiger partial charge in [0.25, 0.3) is 0 Å². The molecule has 5 heteroatoms. The van der Waals surface area contributed by atoms with Crippen molar-refractivity contribution in [3.63, 3.8) is 0 Å². The van der Waals surface area contributed by atoms with E-state index < -0.39 is 0 Å². The topological polar surface area (TPSA) is 23.6 Å². The Kier molecular flexibility index (Phi) is 4.12. The smallest absolute Gasteiger partial charge is 0.236 e. The molecule has 0 radical (unpaired) electrons. The molecule has 1 saturated heterocycles. The lowest BCUT2D eigenvalue weighted by Crippen LogP contribution is -2.35. The Labute approximate surface area is 111 Å². The van der Waals surface area contributed by atoms with Crippen molar-refractivity contribution in [2.75, 3.05) is 27.2 Å². The molecule has 1 fully saturated rings. The third-order valence-corrected chi connectivity index (χ3v) is 4.96. The van der Waals surface area contributed by atoms with Gasteiger partial charge in [-0.1, -0.05) is 0 Å². The number of rotatable bonds is 4. The van der Waals surface area contributed by atoms with E-state index >= 15 is 0 Å². The molecule has 1 aromatic heterocycles. The Morgan fingerprint density at radius 2 is 2.24 bits per heavy atom. The highest BCUT2D eigenvalue weighted by molar-refractivity contribution is 8.01. The maximum atomic E-state index is 12.1. The number of hydrogen-bond acceptors (Lipinski definition) is 4. The van der Waals surface area contributed by atoms with E-state index in [0.717, 1.165) is 13.1 Å². The molecule has 1 aliphatic rings. The molecule has 2 rings (SSSR count). The SMILES string of the molecule is CC1SC(c2ccsc2)N(CCN(C)C)C1=O. The fourth-order valence-corrected chi connectivity index (χ4v) is 3.95. The van der Waals surface area contributed by atoms with Gasteiger partial charge in [0, 0.05) is 13.1 Å². The number of likely N-dealkylation sites (N-methyl/N-ethyl adjacent to an activating group) is 1. The van der Waals surface area contributed by atoms with Gasteiger partial charge in [0.15, 0.2) is 0 Å². The van der Waals surface area contributed by atoms with Crippen molar-refractivity contribution in [1.29, 1.82) is 0 Å². The summed E-state index contributed by atoms with van der Waals surface area (Å²) in [5.74, 6) is 0.271. The number of thiophene rings is 1. The number of amides is 1. The molecule has 0 aromatic carbocycles. The summed E-state index contributed by atoms with van der Waals surface area (Å²) >= 11 is 3.45. The van der Waals surface area contributed by atoms with Crippen LogP contribution in [-0.4, -0.2) is 48.1 Å². The summed E-state index contributed by atoms with van der Waals surface area (Å²) in [4.78, 5) is 16.2. The van der Waals surface area contributed by atoms with Crippen LogP contribution in [0, 0.1) is 0 Å². The molecule has 1 amide bonds. The molecule has 0 bridgehead atoms. The maximum Gasteiger partial charge on any atom is 0.236 e. The Hall–Kier alpha value is -0.520. The summed E-state index contributed by atoms with van der Waals surface area (Å²) < 4.78 is 0. The minimum Gasteiger partial charge on any atom is -0.324 e. The van der Waals surface area contributed by atoms with Gasteiger partial charge in [-0.15, -0.1) is 11.8 Å². The van der Waals surface area contributed by atoms with Gasteiger partial charge in [0.05, 0.1) is 5.25 Å². The molecule has 2 heterocycles. The zero-order chi connectivity index (χ0) is 12.4. The first-order valence-corrected chi connectivity index (χ1v) is 7.61. The van der Waals surface area contributed by atoms with Gasteiger partial charge in [-0.2, -0.15) is 11.3 Å². The second-order valence-electron chi connectivity index (χ2n) is 4.52. The van der Waals surface area contributed by atoms with Gasteiger partial charge in [-0.3, -0.25) is 4.79 Å². The number of carbonyl (C=O) groups excluding carboxylic acids is 1. The maximum absolute atomic E-state index is 12.1.